The van der Waals surface area contributed by atoms with Gasteiger partial charge in [0.1, 0.15) is 5.01 Å². The van der Waals surface area contributed by atoms with E-state index in [1.807, 2.05) is 6.20 Å². The largest absolute Gasteiger partial charge is 0.381 e. The van der Waals surface area contributed by atoms with Crippen LogP contribution < -0.4 is 5.32 Å². The molecule has 16 heavy (non-hydrogen) atoms. The molecule has 0 amide bonds. The van der Waals surface area contributed by atoms with Crippen LogP contribution >= 0.6 is 11.3 Å². The van der Waals surface area contributed by atoms with Crippen molar-refractivity contribution in [3.8, 4) is 0 Å². The summed E-state index contributed by atoms with van der Waals surface area (Å²) in [5, 5.41) is 4.93. The van der Waals surface area contributed by atoms with E-state index in [1.54, 1.807) is 11.3 Å². The quantitative estimate of drug-likeness (QED) is 0.878. The molecule has 1 N–H and O–H groups in total. The van der Waals surface area contributed by atoms with Crippen molar-refractivity contribution >= 4 is 11.3 Å². The van der Waals surface area contributed by atoms with Gasteiger partial charge in [-0.2, -0.15) is 0 Å². The third-order valence-electron chi connectivity index (χ3n) is 3.00. The van der Waals surface area contributed by atoms with Gasteiger partial charge in [0.2, 0.25) is 0 Å². The van der Waals surface area contributed by atoms with Crippen molar-refractivity contribution in [2.24, 2.45) is 0 Å². The molecule has 1 fully saturated rings. The number of nitrogens with one attached hydrogen (secondary N) is 1. The lowest BCUT2D eigenvalue weighted by Gasteiger charge is -2.27. The molecule has 1 unspecified atom stereocenters. The standard InChI is InChI=1S/C12H20N2OS/c1-3-11(12-13-8-9(2)16-12)14-10-4-6-15-7-5-10/h8,10-11,14H,3-7H2,1-2H3. The fourth-order valence-corrected chi connectivity index (χ4v) is 2.96. The molecule has 90 valence electrons. The van der Waals surface area contributed by atoms with Crippen LogP contribution in [-0.2, 0) is 4.74 Å². The minimum atomic E-state index is 0.418. The minimum Gasteiger partial charge on any atom is -0.381 e. The summed E-state index contributed by atoms with van der Waals surface area (Å²) in [6, 6.07) is 1.02. The summed E-state index contributed by atoms with van der Waals surface area (Å²) in [6.45, 7) is 6.12. The van der Waals surface area contributed by atoms with Gasteiger partial charge in [-0.1, -0.05) is 6.92 Å². The molecular formula is C12H20N2OS. The van der Waals surface area contributed by atoms with Gasteiger partial charge in [-0.15, -0.1) is 11.3 Å². The molecule has 1 aliphatic rings. The van der Waals surface area contributed by atoms with Gasteiger partial charge < -0.3 is 10.1 Å². The van der Waals surface area contributed by atoms with E-state index in [0.29, 0.717) is 12.1 Å². The number of ether oxygens (including phenoxy) is 1. The van der Waals surface area contributed by atoms with Crippen molar-refractivity contribution in [1.82, 2.24) is 10.3 Å². The van der Waals surface area contributed by atoms with Crippen LogP contribution in [0.3, 0.4) is 0 Å². The predicted molar refractivity (Wildman–Crippen MR) is 66.9 cm³/mol. The molecule has 1 aliphatic heterocycles. The first kappa shape index (κ1) is 12.0. The summed E-state index contributed by atoms with van der Waals surface area (Å²) in [6.07, 6.45) is 5.32. The molecular weight excluding hydrogens is 220 g/mol. The van der Waals surface area contributed by atoms with Gasteiger partial charge in [-0.25, -0.2) is 4.98 Å². The monoisotopic (exact) mass is 240 g/mol. The van der Waals surface area contributed by atoms with E-state index < -0.39 is 0 Å². The Balaban J connectivity index is 1.94. The predicted octanol–water partition coefficient (Wildman–Crippen LogP) is 2.67. The van der Waals surface area contributed by atoms with Crippen molar-refractivity contribution in [1.29, 1.82) is 0 Å². The second kappa shape index (κ2) is 5.75. The number of hydrogen-bond donors (Lipinski definition) is 1. The second-order valence-corrected chi connectivity index (χ2v) is 5.59. The topological polar surface area (TPSA) is 34.1 Å². The summed E-state index contributed by atoms with van der Waals surface area (Å²) >= 11 is 1.80. The SMILES string of the molecule is CCC(NC1CCOCC1)c1ncc(C)s1. The fraction of sp³-hybridized carbons (Fsp3) is 0.750. The Morgan fingerprint density at radius 1 is 1.56 bits per heavy atom. The van der Waals surface area contributed by atoms with Crippen LogP contribution in [0.4, 0.5) is 0 Å². The lowest BCUT2D eigenvalue weighted by atomic mass is 10.1. The smallest absolute Gasteiger partial charge is 0.110 e. The van der Waals surface area contributed by atoms with Crippen LogP contribution in [0, 0.1) is 6.92 Å². The maximum Gasteiger partial charge on any atom is 0.110 e. The van der Waals surface area contributed by atoms with Gasteiger partial charge in [0, 0.05) is 30.3 Å². The number of aryl methyl sites for hydroxylation is 1. The van der Waals surface area contributed by atoms with E-state index in [4.69, 9.17) is 4.74 Å². The number of thiazole rings is 1. The molecule has 1 atom stereocenters. The molecule has 0 saturated carbocycles. The summed E-state index contributed by atoms with van der Waals surface area (Å²) in [7, 11) is 0. The zero-order chi connectivity index (χ0) is 11.4. The maximum absolute atomic E-state index is 5.37. The molecule has 3 nitrogen and oxygen atoms in total. The van der Waals surface area contributed by atoms with Gasteiger partial charge in [-0.05, 0) is 26.2 Å². The zero-order valence-corrected chi connectivity index (χ0v) is 10.8. The number of nitrogens with zero attached hydrogens (tertiary/aromatic N) is 1. The molecule has 0 spiro atoms. The van der Waals surface area contributed by atoms with E-state index in [1.165, 1.54) is 9.88 Å². The van der Waals surface area contributed by atoms with Crippen LogP contribution in [0.15, 0.2) is 6.20 Å². The van der Waals surface area contributed by atoms with E-state index in [-0.39, 0.29) is 0 Å². The average molecular weight is 240 g/mol. The Hall–Kier alpha value is -0.450. The van der Waals surface area contributed by atoms with Crippen molar-refractivity contribution in [2.75, 3.05) is 13.2 Å². The summed E-state index contributed by atoms with van der Waals surface area (Å²) < 4.78 is 5.37. The van der Waals surface area contributed by atoms with Gasteiger partial charge in [0.05, 0.1) is 6.04 Å². The van der Waals surface area contributed by atoms with Crippen molar-refractivity contribution < 1.29 is 4.74 Å². The Bertz CT molecular complexity index is 321. The van der Waals surface area contributed by atoms with Crippen LogP contribution in [0.2, 0.25) is 0 Å². The number of hydrogen-bond acceptors (Lipinski definition) is 4. The Kier molecular flexibility index (Phi) is 4.32. The van der Waals surface area contributed by atoms with Gasteiger partial charge in [0.25, 0.3) is 0 Å². The van der Waals surface area contributed by atoms with Gasteiger partial charge in [-0.3, -0.25) is 0 Å². The highest BCUT2D eigenvalue weighted by molar-refractivity contribution is 7.11. The Morgan fingerprint density at radius 3 is 2.88 bits per heavy atom. The molecule has 0 aromatic carbocycles. The average Bonchev–Trinajstić information content (AvgIpc) is 2.74. The molecule has 1 aromatic heterocycles. The maximum atomic E-state index is 5.37. The Labute approximate surface area is 101 Å². The third-order valence-corrected chi connectivity index (χ3v) is 4.03. The van der Waals surface area contributed by atoms with Crippen molar-refractivity contribution in [3.63, 3.8) is 0 Å². The van der Waals surface area contributed by atoms with E-state index >= 15 is 0 Å². The summed E-state index contributed by atoms with van der Waals surface area (Å²) in [4.78, 5) is 5.77. The highest BCUT2D eigenvalue weighted by Gasteiger charge is 2.19. The van der Waals surface area contributed by atoms with Crippen LogP contribution in [-0.4, -0.2) is 24.2 Å². The zero-order valence-electron chi connectivity index (χ0n) is 10.0. The van der Waals surface area contributed by atoms with E-state index in [2.05, 4.69) is 24.1 Å². The lowest BCUT2D eigenvalue weighted by Crippen LogP contribution is -2.37. The van der Waals surface area contributed by atoms with Gasteiger partial charge in [0.15, 0.2) is 0 Å². The molecule has 0 bridgehead atoms. The number of rotatable bonds is 4. The Morgan fingerprint density at radius 2 is 2.31 bits per heavy atom. The van der Waals surface area contributed by atoms with E-state index in [9.17, 15) is 0 Å². The first-order valence-corrected chi connectivity index (χ1v) is 6.87. The highest BCUT2D eigenvalue weighted by Crippen LogP contribution is 2.23. The van der Waals surface area contributed by atoms with Crippen molar-refractivity contribution in [2.45, 2.75) is 45.2 Å². The van der Waals surface area contributed by atoms with Crippen LogP contribution in [0.1, 0.15) is 42.1 Å². The first-order chi connectivity index (χ1) is 7.79. The molecule has 0 radical (unpaired) electrons. The van der Waals surface area contributed by atoms with Crippen LogP contribution in [0.5, 0.6) is 0 Å². The van der Waals surface area contributed by atoms with Crippen molar-refractivity contribution in [3.05, 3.63) is 16.1 Å². The molecule has 4 heteroatoms. The number of aromatic nitrogens is 1. The normalized spacial score (nSPS) is 19.9. The van der Waals surface area contributed by atoms with Crippen LogP contribution in [0.25, 0.3) is 0 Å². The highest BCUT2D eigenvalue weighted by atomic mass is 32.1. The second-order valence-electron chi connectivity index (χ2n) is 4.32. The minimum absolute atomic E-state index is 0.418. The lowest BCUT2D eigenvalue weighted by molar-refractivity contribution is 0.0746. The fourth-order valence-electron chi connectivity index (χ4n) is 2.05. The third kappa shape index (κ3) is 3.03. The molecule has 0 aliphatic carbocycles. The molecule has 2 heterocycles. The molecule has 1 aromatic rings. The molecule has 2 rings (SSSR count). The summed E-state index contributed by atoms with van der Waals surface area (Å²) in [5.74, 6) is 0. The van der Waals surface area contributed by atoms with E-state index in [0.717, 1.165) is 32.5 Å². The van der Waals surface area contributed by atoms with Gasteiger partial charge >= 0.3 is 0 Å². The summed E-state index contributed by atoms with van der Waals surface area (Å²) in [5.41, 5.74) is 0. The molecule has 1 saturated heterocycles. The first-order valence-electron chi connectivity index (χ1n) is 6.05.